The fourth-order valence-electron chi connectivity index (χ4n) is 2.80. The zero-order chi connectivity index (χ0) is 20.6. The molecule has 0 aliphatic carbocycles. The van der Waals surface area contributed by atoms with E-state index in [-0.39, 0.29) is 20.3 Å². The van der Waals surface area contributed by atoms with E-state index in [1.165, 1.54) is 18.3 Å². The first-order valence-corrected chi connectivity index (χ1v) is 10.0. The van der Waals surface area contributed by atoms with Crippen molar-refractivity contribution in [1.82, 2.24) is 14.0 Å². The molecule has 0 aliphatic heterocycles. The van der Waals surface area contributed by atoms with Crippen molar-refractivity contribution in [2.24, 2.45) is 5.84 Å². The van der Waals surface area contributed by atoms with Gasteiger partial charge in [0.15, 0.2) is 0 Å². The van der Waals surface area contributed by atoms with E-state index in [0.717, 1.165) is 11.3 Å². The van der Waals surface area contributed by atoms with Gasteiger partial charge in [0.05, 0.1) is 10.3 Å². The minimum absolute atomic E-state index is 0.113. The van der Waals surface area contributed by atoms with Crippen LogP contribution in [0.25, 0.3) is 11.0 Å². The number of amides is 1. The Morgan fingerprint density at radius 1 is 1.14 bits per heavy atom. The third-order valence-corrected chi connectivity index (χ3v) is 5.96. The summed E-state index contributed by atoms with van der Waals surface area (Å²) in [6, 6.07) is 9.13. The molecule has 0 spiro atoms. The Morgan fingerprint density at radius 3 is 2.39 bits per heavy atom. The van der Waals surface area contributed by atoms with Crippen LogP contribution in [0, 0.1) is 13.8 Å². The van der Waals surface area contributed by atoms with Crippen LogP contribution in [-0.2, 0) is 16.6 Å². The number of nitrogens with zero attached hydrogens (tertiary/aromatic N) is 3. The van der Waals surface area contributed by atoms with Crippen molar-refractivity contribution in [1.29, 1.82) is 0 Å². The minimum Gasteiger partial charge on any atom is -0.332 e. The smallest absolute Gasteiger partial charge is 0.287 e. The van der Waals surface area contributed by atoms with Crippen LogP contribution in [0.4, 0.5) is 0 Å². The molecule has 1 amide bonds. The van der Waals surface area contributed by atoms with Crippen LogP contribution < -0.4 is 11.3 Å². The molecule has 28 heavy (non-hydrogen) atoms. The summed E-state index contributed by atoms with van der Waals surface area (Å²) < 4.78 is 27.1. The maximum atomic E-state index is 12.8. The number of hydrogen-bond donors (Lipinski definition) is 1. The largest absolute Gasteiger partial charge is 0.332 e. The molecule has 2 N–H and O–H groups in total. The van der Waals surface area contributed by atoms with Gasteiger partial charge in [-0.2, -0.15) is 12.8 Å². The lowest BCUT2D eigenvalue weighted by atomic mass is 10.1. The van der Waals surface area contributed by atoms with Gasteiger partial charge in [-0.15, -0.1) is 0 Å². The van der Waals surface area contributed by atoms with Crippen LogP contribution in [0.5, 0.6) is 0 Å². The Bertz CT molecular complexity index is 1230. The van der Waals surface area contributed by atoms with Crippen molar-refractivity contribution in [3.05, 3.63) is 69.6 Å². The molecule has 146 valence electrons. The average molecular weight is 400 g/mol. The highest BCUT2D eigenvalue weighted by Crippen LogP contribution is 2.17. The predicted molar refractivity (Wildman–Crippen MR) is 105 cm³/mol. The lowest BCUT2D eigenvalue weighted by Gasteiger charge is -2.18. The zero-order valence-electron chi connectivity index (χ0n) is 15.7. The number of hydrogen-bond acceptors (Lipinski definition) is 6. The monoisotopic (exact) mass is 400 g/mol. The number of fused-ring (bicyclic) bond motifs is 1. The van der Waals surface area contributed by atoms with Crippen LogP contribution in [0.3, 0.4) is 0 Å². The summed E-state index contributed by atoms with van der Waals surface area (Å²) in [5.74, 6) is 4.56. The van der Waals surface area contributed by atoms with Crippen molar-refractivity contribution in [2.45, 2.75) is 32.2 Å². The number of aromatic nitrogens is 2. The van der Waals surface area contributed by atoms with Crippen LogP contribution >= 0.6 is 0 Å². The number of nitrogens with two attached hydrogens (primary N) is 1. The summed E-state index contributed by atoms with van der Waals surface area (Å²) in [6.07, 6.45) is 1.30. The minimum atomic E-state index is -4.30. The van der Waals surface area contributed by atoms with Gasteiger partial charge in [-0.3, -0.25) is 9.59 Å². The van der Waals surface area contributed by atoms with E-state index in [2.05, 4.69) is 4.98 Å². The molecule has 2 aromatic heterocycles. The summed E-state index contributed by atoms with van der Waals surface area (Å²) in [6.45, 7) is 5.85. The molecule has 8 nitrogen and oxygen atoms in total. The summed E-state index contributed by atoms with van der Waals surface area (Å²) in [5, 5.41) is 0.222. The highest BCUT2D eigenvalue weighted by molar-refractivity contribution is 7.89. The Balaban J connectivity index is 2.13. The Morgan fingerprint density at radius 2 is 1.79 bits per heavy atom. The van der Waals surface area contributed by atoms with Gasteiger partial charge < -0.3 is 4.57 Å². The molecule has 0 unspecified atom stereocenters. The Labute approximate surface area is 162 Å². The van der Waals surface area contributed by atoms with Crippen LogP contribution in [0.1, 0.15) is 28.5 Å². The topological polar surface area (TPSA) is 115 Å². The molecule has 0 radical (unpaired) electrons. The summed E-state index contributed by atoms with van der Waals surface area (Å²) in [5.41, 5.74) is 1.05. The molecular formula is C19H20N4O4S. The second-order valence-corrected chi connectivity index (χ2v) is 8.22. The Hall–Kier alpha value is -3.04. The SMILES string of the molecule is CCn1cc(C(=O)N(N)S(=O)(=O)c2ccc(C)cc2)c(=O)c2ccc(C)nc21. The fourth-order valence-corrected chi connectivity index (χ4v) is 3.83. The van der Waals surface area contributed by atoms with Crippen molar-refractivity contribution in [3.63, 3.8) is 0 Å². The van der Waals surface area contributed by atoms with Crippen molar-refractivity contribution < 1.29 is 13.2 Å². The number of rotatable bonds is 4. The van der Waals surface area contributed by atoms with E-state index >= 15 is 0 Å². The van der Waals surface area contributed by atoms with E-state index in [4.69, 9.17) is 5.84 Å². The molecule has 0 saturated heterocycles. The number of hydrazine groups is 1. The number of aryl methyl sites for hydroxylation is 3. The molecule has 9 heteroatoms. The summed E-state index contributed by atoms with van der Waals surface area (Å²) in [4.78, 5) is 29.8. The van der Waals surface area contributed by atoms with Crippen molar-refractivity contribution >= 4 is 27.0 Å². The normalized spacial score (nSPS) is 11.6. The lowest BCUT2D eigenvalue weighted by Crippen LogP contribution is -2.44. The number of pyridine rings is 2. The fraction of sp³-hybridized carbons (Fsp3) is 0.211. The van der Waals surface area contributed by atoms with Crippen LogP contribution in [-0.4, -0.2) is 28.3 Å². The highest BCUT2D eigenvalue weighted by Gasteiger charge is 2.30. The molecule has 0 bridgehead atoms. The standard InChI is InChI=1S/C19H20N4O4S/c1-4-22-11-16(17(24)15-10-7-13(3)21-18(15)22)19(25)23(20)28(26,27)14-8-5-12(2)6-9-14/h5-11H,4,20H2,1-3H3. The van der Waals surface area contributed by atoms with Gasteiger partial charge in [0.25, 0.3) is 15.9 Å². The Kier molecular flexibility index (Phi) is 5.05. The van der Waals surface area contributed by atoms with Crippen LogP contribution in [0.15, 0.2) is 52.3 Å². The lowest BCUT2D eigenvalue weighted by molar-refractivity contribution is 0.0859. The quantitative estimate of drug-likeness (QED) is 0.405. The second kappa shape index (κ2) is 7.17. The van der Waals surface area contributed by atoms with Crippen molar-refractivity contribution in [3.8, 4) is 0 Å². The number of benzene rings is 1. The van der Waals surface area contributed by atoms with Gasteiger partial charge in [0.1, 0.15) is 11.2 Å². The van der Waals surface area contributed by atoms with Gasteiger partial charge in [-0.25, -0.2) is 10.8 Å². The van der Waals surface area contributed by atoms with E-state index < -0.39 is 21.4 Å². The third kappa shape index (κ3) is 3.30. The molecule has 0 aliphatic rings. The first-order valence-electron chi connectivity index (χ1n) is 8.58. The molecule has 3 rings (SSSR count). The van der Waals surface area contributed by atoms with E-state index in [9.17, 15) is 18.0 Å². The first kappa shape index (κ1) is 19.7. The molecule has 0 fully saturated rings. The molecule has 1 aromatic carbocycles. The van der Waals surface area contributed by atoms with Gasteiger partial charge in [-0.05, 0) is 45.0 Å². The molecule has 3 aromatic rings. The van der Waals surface area contributed by atoms with E-state index in [1.807, 2.05) is 6.92 Å². The zero-order valence-corrected chi connectivity index (χ0v) is 16.5. The van der Waals surface area contributed by atoms with Crippen molar-refractivity contribution in [2.75, 3.05) is 0 Å². The van der Waals surface area contributed by atoms with Gasteiger partial charge in [0, 0.05) is 18.4 Å². The molecule has 0 atom stereocenters. The molecular weight excluding hydrogens is 380 g/mol. The van der Waals surface area contributed by atoms with Crippen LogP contribution in [0.2, 0.25) is 0 Å². The summed E-state index contributed by atoms with van der Waals surface area (Å²) in [7, 11) is -4.30. The number of sulfonamides is 1. The van der Waals surface area contributed by atoms with E-state index in [0.29, 0.717) is 12.2 Å². The first-order chi connectivity index (χ1) is 13.2. The summed E-state index contributed by atoms with van der Waals surface area (Å²) >= 11 is 0. The average Bonchev–Trinajstić information content (AvgIpc) is 2.67. The second-order valence-electron chi connectivity index (χ2n) is 6.40. The van der Waals surface area contributed by atoms with Gasteiger partial charge in [0.2, 0.25) is 5.43 Å². The maximum Gasteiger partial charge on any atom is 0.287 e. The van der Waals surface area contributed by atoms with Gasteiger partial charge in [-0.1, -0.05) is 17.7 Å². The number of carbonyl (C=O) groups is 1. The van der Waals surface area contributed by atoms with Gasteiger partial charge >= 0.3 is 0 Å². The maximum absolute atomic E-state index is 12.8. The molecule has 0 saturated carbocycles. The highest BCUT2D eigenvalue weighted by atomic mass is 32.2. The van der Waals surface area contributed by atoms with E-state index in [1.54, 1.807) is 42.7 Å². The third-order valence-electron chi connectivity index (χ3n) is 4.41. The number of carbonyl (C=O) groups excluding carboxylic acids is 1. The predicted octanol–water partition coefficient (Wildman–Crippen LogP) is 1.74. The molecule has 2 heterocycles.